The van der Waals surface area contributed by atoms with Crippen molar-refractivity contribution in [2.75, 3.05) is 14.2 Å². The summed E-state index contributed by atoms with van der Waals surface area (Å²) in [6.45, 7) is 4.05. The molecule has 2 rings (SSSR count). The lowest BCUT2D eigenvalue weighted by molar-refractivity contribution is -0.127. The van der Waals surface area contributed by atoms with E-state index in [9.17, 15) is 4.79 Å². The van der Waals surface area contributed by atoms with Gasteiger partial charge in [0.2, 0.25) is 0 Å². The highest BCUT2D eigenvalue weighted by Crippen LogP contribution is 2.28. The Labute approximate surface area is 142 Å². The van der Waals surface area contributed by atoms with E-state index >= 15 is 0 Å². The summed E-state index contributed by atoms with van der Waals surface area (Å²) >= 11 is 0. The lowest BCUT2D eigenvalue weighted by atomic mass is 10.2. The molecule has 0 aliphatic heterocycles. The van der Waals surface area contributed by atoms with Crippen molar-refractivity contribution >= 4 is 5.91 Å². The van der Waals surface area contributed by atoms with E-state index < -0.39 is 6.10 Å². The number of rotatable bonds is 7. The van der Waals surface area contributed by atoms with Crippen molar-refractivity contribution in [3.8, 4) is 17.2 Å². The normalized spacial score (nSPS) is 11.5. The van der Waals surface area contributed by atoms with Crippen LogP contribution in [0, 0.1) is 6.92 Å². The van der Waals surface area contributed by atoms with Crippen molar-refractivity contribution in [2.24, 2.45) is 0 Å². The number of para-hydroxylation sites is 1. The molecule has 1 atom stereocenters. The van der Waals surface area contributed by atoms with Crippen molar-refractivity contribution in [1.29, 1.82) is 0 Å². The molecule has 0 saturated heterocycles. The average Bonchev–Trinajstić information content (AvgIpc) is 2.61. The maximum absolute atomic E-state index is 12.3. The highest BCUT2D eigenvalue weighted by Gasteiger charge is 2.17. The molecule has 0 aliphatic carbocycles. The highest BCUT2D eigenvalue weighted by atomic mass is 16.5. The van der Waals surface area contributed by atoms with Gasteiger partial charge in [0.05, 0.1) is 14.2 Å². The summed E-state index contributed by atoms with van der Waals surface area (Å²) in [5.41, 5.74) is 1.97. The fourth-order valence-corrected chi connectivity index (χ4v) is 2.29. The van der Waals surface area contributed by atoms with Crippen LogP contribution in [0.5, 0.6) is 17.2 Å². The first-order valence-corrected chi connectivity index (χ1v) is 7.76. The number of aryl methyl sites for hydroxylation is 1. The van der Waals surface area contributed by atoms with Crippen LogP contribution in [0.15, 0.2) is 42.5 Å². The average molecular weight is 329 g/mol. The SMILES string of the molecule is COc1ccccc1CNC(=O)C(C)Oc1ccc(C)cc1OC. The van der Waals surface area contributed by atoms with Gasteiger partial charge in [0.15, 0.2) is 17.6 Å². The predicted octanol–water partition coefficient (Wildman–Crippen LogP) is 3.10. The molecule has 0 bridgehead atoms. The Bertz CT molecular complexity index is 700. The summed E-state index contributed by atoms with van der Waals surface area (Å²) in [4.78, 5) is 12.3. The number of methoxy groups -OCH3 is 2. The van der Waals surface area contributed by atoms with Crippen LogP contribution in [0.3, 0.4) is 0 Å². The standard InChI is InChI=1S/C19H23NO4/c1-13-9-10-17(18(11-13)23-4)24-14(2)19(21)20-12-15-7-5-6-8-16(15)22-3/h5-11,14H,12H2,1-4H3,(H,20,21). The van der Waals surface area contributed by atoms with Gasteiger partial charge in [0.1, 0.15) is 5.75 Å². The molecule has 2 aromatic rings. The first-order valence-electron chi connectivity index (χ1n) is 7.76. The molecule has 0 radical (unpaired) electrons. The molecular formula is C19H23NO4. The van der Waals surface area contributed by atoms with Crippen molar-refractivity contribution in [3.63, 3.8) is 0 Å². The second kappa shape index (κ2) is 8.24. The van der Waals surface area contributed by atoms with Gasteiger partial charge in [0.25, 0.3) is 5.91 Å². The molecule has 1 amide bonds. The lowest BCUT2D eigenvalue weighted by Crippen LogP contribution is -2.36. The van der Waals surface area contributed by atoms with E-state index in [-0.39, 0.29) is 5.91 Å². The number of carbonyl (C=O) groups is 1. The number of benzene rings is 2. The second-order valence-electron chi connectivity index (χ2n) is 5.44. The summed E-state index contributed by atoms with van der Waals surface area (Å²) < 4.78 is 16.3. The first-order chi connectivity index (χ1) is 11.5. The van der Waals surface area contributed by atoms with Crippen LogP contribution in [-0.2, 0) is 11.3 Å². The van der Waals surface area contributed by atoms with Gasteiger partial charge in [-0.1, -0.05) is 24.3 Å². The molecule has 0 spiro atoms. The molecule has 1 unspecified atom stereocenters. The molecule has 5 nitrogen and oxygen atoms in total. The molecule has 128 valence electrons. The van der Waals surface area contributed by atoms with Crippen molar-refractivity contribution < 1.29 is 19.0 Å². The molecule has 0 aromatic heterocycles. The van der Waals surface area contributed by atoms with E-state index in [1.54, 1.807) is 27.2 Å². The Kier molecular flexibility index (Phi) is 6.07. The minimum absolute atomic E-state index is 0.205. The van der Waals surface area contributed by atoms with Crippen molar-refractivity contribution in [2.45, 2.75) is 26.5 Å². The van der Waals surface area contributed by atoms with Gasteiger partial charge in [-0.2, -0.15) is 0 Å². The molecule has 0 heterocycles. The van der Waals surface area contributed by atoms with E-state index in [1.807, 2.05) is 43.3 Å². The molecule has 2 aromatic carbocycles. The van der Waals surface area contributed by atoms with Gasteiger partial charge in [-0.15, -0.1) is 0 Å². The zero-order valence-corrected chi connectivity index (χ0v) is 14.5. The van der Waals surface area contributed by atoms with Crippen molar-refractivity contribution in [3.05, 3.63) is 53.6 Å². The Morgan fingerprint density at radius 1 is 1.04 bits per heavy atom. The van der Waals surface area contributed by atoms with Gasteiger partial charge in [0, 0.05) is 12.1 Å². The van der Waals surface area contributed by atoms with Crippen LogP contribution in [-0.4, -0.2) is 26.2 Å². The van der Waals surface area contributed by atoms with Crippen LogP contribution in [0.25, 0.3) is 0 Å². The molecular weight excluding hydrogens is 306 g/mol. The molecule has 0 aliphatic rings. The second-order valence-corrected chi connectivity index (χ2v) is 5.44. The third kappa shape index (κ3) is 4.41. The monoisotopic (exact) mass is 329 g/mol. The Hall–Kier alpha value is -2.69. The van der Waals surface area contributed by atoms with E-state index in [2.05, 4.69) is 5.32 Å². The quantitative estimate of drug-likeness (QED) is 0.848. The zero-order chi connectivity index (χ0) is 17.5. The topological polar surface area (TPSA) is 56.8 Å². The fraction of sp³-hybridized carbons (Fsp3) is 0.316. The van der Waals surface area contributed by atoms with E-state index in [4.69, 9.17) is 14.2 Å². The van der Waals surface area contributed by atoms with Crippen LogP contribution in [0.1, 0.15) is 18.1 Å². The van der Waals surface area contributed by atoms with Crippen LogP contribution < -0.4 is 19.5 Å². The fourth-order valence-electron chi connectivity index (χ4n) is 2.29. The smallest absolute Gasteiger partial charge is 0.261 e. The summed E-state index contributed by atoms with van der Waals surface area (Å²) in [7, 11) is 3.18. The summed E-state index contributed by atoms with van der Waals surface area (Å²) in [5.74, 6) is 1.69. The predicted molar refractivity (Wildman–Crippen MR) is 92.7 cm³/mol. The summed E-state index contributed by atoms with van der Waals surface area (Å²) in [6, 6.07) is 13.1. The van der Waals surface area contributed by atoms with Crippen molar-refractivity contribution in [1.82, 2.24) is 5.32 Å². The molecule has 1 N–H and O–H groups in total. The van der Waals surface area contributed by atoms with E-state index in [0.29, 0.717) is 18.0 Å². The van der Waals surface area contributed by atoms with Gasteiger partial charge < -0.3 is 19.5 Å². The number of hydrogen-bond acceptors (Lipinski definition) is 4. The van der Waals surface area contributed by atoms with Gasteiger partial charge in [-0.25, -0.2) is 0 Å². The molecule has 5 heteroatoms. The lowest BCUT2D eigenvalue weighted by Gasteiger charge is -2.17. The van der Waals surface area contributed by atoms with Crippen LogP contribution >= 0.6 is 0 Å². The first kappa shape index (κ1) is 17.7. The number of amides is 1. The van der Waals surface area contributed by atoms with Gasteiger partial charge in [-0.05, 0) is 37.6 Å². The Morgan fingerprint density at radius 2 is 1.75 bits per heavy atom. The van der Waals surface area contributed by atoms with Gasteiger partial charge in [-0.3, -0.25) is 4.79 Å². The van der Waals surface area contributed by atoms with Crippen LogP contribution in [0.2, 0.25) is 0 Å². The largest absolute Gasteiger partial charge is 0.496 e. The Morgan fingerprint density at radius 3 is 2.46 bits per heavy atom. The van der Waals surface area contributed by atoms with Crippen LogP contribution in [0.4, 0.5) is 0 Å². The Balaban J connectivity index is 1.97. The number of hydrogen-bond donors (Lipinski definition) is 1. The zero-order valence-electron chi connectivity index (χ0n) is 14.5. The number of ether oxygens (including phenoxy) is 3. The third-order valence-electron chi connectivity index (χ3n) is 3.64. The molecule has 0 saturated carbocycles. The minimum atomic E-state index is -0.642. The van der Waals surface area contributed by atoms with E-state index in [1.165, 1.54) is 0 Å². The summed E-state index contributed by atoms with van der Waals surface area (Å²) in [6.07, 6.45) is -0.642. The minimum Gasteiger partial charge on any atom is -0.496 e. The third-order valence-corrected chi connectivity index (χ3v) is 3.64. The number of nitrogens with one attached hydrogen (secondary N) is 1. The maximum Gasteiger partial charge on any atom is 0.261 e. The molecule has 24 heavy (non-hydrogen) atoms. The summed E-state index contributed by atoms with van der Waals surface area (Å²) in [5, 5.41) is 2.86. The highest BCUT2D eigenvalue weighted by molar-refractivity contribution is 5.80. The van der Waals surface area contributed by atoms with E-state index in [0.717, 1.165) is 16.9 Å². The maximum atomic E-state index is 12.3. The number of carbonyl (C=O) groups excluding carboxylic acids is 1. The van der Waals surface area contributed by atoms with Gasteiger partial charge >= 0.3 is 0 Å². The molecule has 0 fully saturated rings.